The molecule has 1 fully saturated rings. The third-order valence-corrected chi connectivity index (χ3v) is 5.38. The minimum atomic E-state index is -0.810. The van der Waals surface area contributed by atoms with Crippen molar-refractivity contribution in [2.75, 3.05) is 18.6 Å². The quantitative estimate of drug-likeness (QED) is 0.252. The molecule has 0 atom stereocenters. The number of methoxy groups -OCH3 is 1. The van der Waals surface area contributed by atoms with Crippen molar-refractivity contribution in [3.63, 3.8) is 0 Å². The number of urea groups is 1. The van der Waals surface area contributed by atoms with Crippen molar-refractivity contribution >= 4 is 68.1 Å². The fourth-order valence-corrected chi connectivity index (χ4v) is 3.77. The first-order valence-electron chi connectivity index (χ1n) is 8.46. The van der Waals surface area contributed by atoms with E-state index in [0.29, 0.717) is 26.3 Å². The fraction of sp³-hybridized carbons (Fsp3) is 0.0952. The number of carbonyl (C=O) groups excluding carboxylic acids is 3. The number of imide groups is 2. The predicted octanol–water partition coefficient (Wildman–Crippen LogP) is 3.74. The maximum atomic E-state index is 13.0. The van der Waals surface area contributed by atoms with Crippen molar-refractivity contribution in [1.82, 2.24) is 5.32 Å². The molecule has 1 saturated heterocycles. The maximum absolute atomic E-state index is 13.0. The highest BCUT2D eigenvalue weighted by Gasteiger charge is 2.36. The minimum absolute atomic E-state index is 0.0674. The molecular weight excluding hydrogens is 567 g/mol. The Balaban J connectivity index is 2.01. The molecule has 1 aliphatic rings. The van der Waals surface area contributed by atoms with Crippen molar-refractivity contribution in [3.05, 3.63) is 55.6 Å². The molecule has 152 valence electrons. The maximum Gasteiger partial charge on any atom is 0.335 e. The van der Waals surface area contributed by atoms with Crippen molar-refractivity contribution in [1.29, 1.82) is 0 Å². The van der Waals surface area contributed by atoms with E-state index >= 15 is 0 Å². The summed E-state index contributed by atoms with van der Waals surface area (Å²) in [7, 11) is 1.47. The summed E-state index contributed by atoms with van der Waals surface area (Å²) in [5.41, 5.74) is 0.671. The molecule has 0 radical (unpaired) electrons. The van der Waals surface area contributed by atoms with Crippen LogP contribution in [0.25, 0.3) is 6.08 Å². The molecule has 9 heteroatoms. The van der Waals surface area contributed by atoms with Gasteiger partial charge >= 0.3 is 6.03 Å². The van der Waals surface area contributed by atoms with Gasteiger partial charge in [-0.15, -0.1) is 6.42 Å². The third kappa shape index (κ3) is 4.49. The van der Waals surface area contributed by atoms with Crippen molar-refractivity contribution in [2.45, 2.75) is 0 Å². The van der Waals surface area contributed by atoms with Gasteiger partial charge in [-0.2, -0.15) is 0 Å². The number of halogens is 2. The molecule has 0 aromatic heterocycles. The van der Waals surface area contributed by atoms with Crippen LogP contribution in [0.5, 0.6) is 11.5 Å². The minimum Gasteiger partial charge on any atom is -0.493 e. The Labute approximate surface area is 194 Å². The molecule has 4 amide bonds. The molecule has 0 bridgehead atoms. The SMILES string of the molecule is C#CCOc1c(I)cc(/C=C2\C(=O)NC(=O)N(c3ccc(Br)cc3)C2=O)cc1OC. The van der Waals surface area contributed by atoms with Crippen LogP contribution >= 0.6 is 38.5 Å². The van der Waals surface area contributed by atoms with E-state index in [4.69, 9.17) is 15.9 Å². The van der Waals surface area contributed by atoms with Gasteiger partial charge in [0.15, 0.2) is 11.5 Å². The van der Waals surface area contributed by atoms with Crippen LogP contribution in [-0.4, -0.2) is 31.6 Å². The fourth-order valence-electron chi connectivity index (χ4n) is 2.73. The van der Waals surface area contributed by atoms with Gasteiger partial charge in [0.25, 0.3) is 11.8 Å². The van der Waals surface area contributed by atoms with E-state index in [0.717, 1.165) is 9.37 Å². The number of carbonyl (C=O) groups is 3. The summed E-state index contributed by atoms with van der Waals surface area (Å²) in [5.74, 6) is 1.74. The summed E-state index contributed by atoms with van der Waals surface area (Å²) in [6.07, 6.45) is 6.63. The van der Waals surface area contributed by atoms with Crippen molar-refractivity contribution in [3.8, 4) is 23.8 Å². The zero-order valence-electron chi connectivity index (χ0n) is 15.6. The Hall–Kier alpha value is -2.84. The zero-order chi connectivity index (χ0) is 21.8. The van der Waals surface area contributed by atoms with E-state index in [2.05, 4.69) is 27.2 Å². The second-order valence-electron chi connectivity index (χ2n) is 5.96. The van der Waals surface area contributed by atoms with E-state index in [1.54, 1.807) is 36.4 Å². The Morgan fingerprint density at radius 1 is 1.23 bits per heavy atom. The molecule has 0 spiro atoms. The number of barbiturate groups is 1. The van der Waals surface area contributed by atoms with E-state index in [1.165, 1.54) is 13.2 Å². The molecule has 0 unspecified atom stereocenters. The van der Waals surface area contributed by atoms with E-state index in [1.807, 2.05) is 22.6 Å². The Morgan fingerprint density at radius 3 is 2.57 bits per heavy atom. The number of nitrogens with one attached hydrogen (secondary N) is 1. The Bertz CT molecular complexity index is 1110. The lowest BCUT2D eigenvalue weighted by atomic mass is 10.1. The standard InChI is InChI=1S/C21H14BrIN2O5/c1-3-8-30-18-16(23)10-12(11-17(18)29-2)9-15-19(26)24-21(28)25(20(15)27)14-6-4-13(22)5-7-14/h1,4-7,9-11H,8H2,2H3,(H,24,26,28)/b15-9+. The van der Waals surface area contributed by atoms with Gasteiger partial charge in [-0.25, -0.2) is 9.69 Å². The lowest BCUT2D eigenvalue weighted by molar-refractivity contribution is -0.122. The van der Waals surface area contributed by atoms with Crippen LogP contribution in [0.15, 0.2) is 46.4 Å². The molecule has 7 nitrogen and oxygen atoms in total. The average Bonchev–Trinajstić information content (AvgIpc) is 2.71. The molecule has 30 heavy (non-hydrogen) atoms. The number of ether oxygens (including phenoxy) is 2. The molecule has 0 aliphatic carbocycles. The second kappa shape index (κ2) is 9.32. The molecule has 3 rings (SSSR count). The van der Waals surface area contributed by atoms with Gasteiger partial charge in [0.1, 0.15) is 12.2 Å². The number of rotatable bonds is 5. The Morgan fingerprint density at radius 2 is 1.93 bits per heavy atom. The molecule has 0 saturated carbocycles. The van der Waals surface area contributed by atoms with Crippen molar-refractivity contribution < 1.29 is 23.9 Å². The van der Waals surface area contributed by atoms with E-state index < -0.39 is 17.8 Å². The van der Waals surface area contributed by atoms with Crippen LogP contribution in [0.3, 0.4) is 0 Å². The van der Waals surface area contributed by atoms with Crippen LogP contribution in [-0.2, 0) is 9.59 Å². The van der Waals surface area contributed by atoms with Crippen molar-refractivity contribution in [2.24, 2.45) is 0 Å². The van der Waals surface area contributed by atoms with E-state index in [9.17, 15) is 14.4 Å². The number of benzene rings is 2. The number of anilines is 1. The largest absolute Gasteiger partial charge is 0.493 e. The molecule has 1 heterocycles. The monoisotopic (exact) mass is 580 g/mol. The van der Waals surface area contributed by atoms with Crippen LogP contribution in [0, 0.1) is 15.9 Å². The summed E-state index contributed by atoms with van der Waals surface area (Å²) in [6.45, 7) is 0.0674. The van der Waals surface area contributed by atoms with Gasteiger partial charge in [-0.1, -0.05) is 21.9 Å². The number of hydrogen-bond donors (Lipinski definition) is 1. The molecule has 1 aliphatic heterocycles. The van der Waals surface area contributed by atoms with Crippen LogP contribution < -0.4 is 19.7 Å². The lowest BCUT2D eigenvalue weighted by Crippen LogP contribution is -2.54. The molecular formula is C21H14BrIN2O5. The smallest absolute Gasteiger partial charge is 0.335 e. The summed E-state index contributed by atoms with van der Waals surface area (Å²) >= 11 is 5.35. The molecule has 2 aromatic carbocycles. The van der Waals surface area contributed by atoms with Gasteiger partial charge in [0.05, 0.1) is 16.4 Å². The number of terminal acetylenes is 1. The topological polar surface area (TPSA) is 84.9 Å². The van der Waals surface area contributed by atoms with Gasteiger partial charge in [0, 0.05) is 4.47 Å². The summed E-state index contributed by atoms with van der Waals surface area (Å²) in [6, 6.07) is 9.09. The zero-order valence-corrected chi connectivity index (χ0v) is 19.3. The van der Waals surface area contributed by atoms with Gasteiger partial charge < -0.3 is 9.47 Å². The highest BCUT2D eigenvalue weighted by atomic mass is 127. The van der Waals surface area contributed by atoms with Gasteiger partial charge in [0.2, 0.25) is 0 Å². The van der Waals surface area contributed by atoms with Crippen LogP contribution in [0.2, 0.25) is 0 Å². The first-order valence-corrected chi connectivity index (χ1v) is 10.3. The second-order valence-corrected chi connectivity index (χ2v) is 8.04. The number of amides is 4. The Kier molecular flexibility index (Phi) is 6.79. The first kappa shape index (κ1) is 21.9. The summed E-state index contributed by atoms with van der Waals surface area (Å²) in [5, 5.41) is 2.19. The highest BCUT2D eigenvalue weighted by Crippen LogP contribution is 2.35. The van der Waals surface area contributed by atoms with Gasteiger partial charge in [-0.3, -0.25) is 14.9 Å². The normalized spacial score (nSPS) is 15.1. The third-order valence-electron chi connectivity index (χ3n) is 4.05. The van der Waals surface area contributed by atoms with Gasteiger partial charge in [-0.05, 0) is 70.6 Å². The average molecular weight is 581 g/mol. The lowest BCUT2D eigenvalue weighted by Gasteiger charge is -2.26. The summed E-state index contributed by atoms with van der Waals surface area (Å²) < 4.78 is 12.3. The van der Waals surface area contributed by atoms with Crippen LogP contribution in [0.4, 0.5) is 10.5 Å². The molecule has 1 N–H and O–H groups in total. The van der Waals surface area contributed by atoms with Crippen LogP contribution in [0.1, 0.15) is 5.56 Å². The molecule has 2 aromatic rings. The number of nitrogens with zero attached hydrogens (tertiary/aromatic N) is 1. The first-order chi connectivity index (χ1) is 14.3. The predicted molar refractivity (Wildman–Crippen MR) is 123 cm³/mol. The number of hydrogen-bond acceptors (Lipinski definition) is 5. The highest BCUT2D eigenvalue weighted by molar-refractivity contribution is 14.1. The van der Waals surface area contributed by atoms with E-state index in [-0.39, 0.29) is 12.2 Å². The summed E-state index contributed by atoms with van der Waals surface area (Å²) in [4.78, 5) is 38.5.